The second-order valence-electron chi connectivity index (χ2n) is 6.18. The molecule has 1 aliphatic rings. The Balaban J connectivity index is 2.74. The predicted molar refractivity (Wildman–Crippen MR) is 63.4 cm³/mol. The number of carbonyl (C=O) groups is 2. The van der Waals surface area contributed by atoms with Crippen molar-refractivity contribution in [3.8, 4) is 0 Å². The second-order valence-corrected chi connectivity index (χ2v) is 6.18. The zero-order chi connectivity index (χ0) is 14.3. The summed E-state index contributed by atoms with van der Waals surface area (Å²) in [5.74, 6) is -4.16. The molecular formula is C13H19FO4. The van der Waals surface area contributed by atoms with E-state index in [4.69, 9.17) is 9.84 Å². The Morgan fingerprint density at radius 3 is 2.17 bits per heavy atom. The Hall–Kier alpha value is -1.39. The van der Waals surface area contributed by atoms with E-state index in [2.05, 4.69) is 0 Å². The number of hydrogen-bond acceptors (Lipinski definition) is 3. The summed E-state index contributed by atoms with van der Waals surface area (Å²) >= 11 is 0. The topological polar surface area (TPSA) is 63.6 Å². The molecule has 5 heteroatoms. The lowest BCUT2D eigenvalue weighted by Crippen LogP contribution is -2.24. The molecule has 0 aliphatic heterocycles. The third-order valence-corrected chi connectivity index (χ3v) is 3.10. The van der Waals surface area contributed by atoms with Gasteiger partial charge in [0.05, 0.1) is 5.92 Å². The van der Waals surface area contributed by atoms with Gasteiger partial charge in [-0.3, -0.25) is 4.79 Å². The van der Waals surface area contributed by atoms with Crippen molar-refractivity contribution in [2.75, 3.05) is 0 Å². The number of carboxylic acid groups (broad SMARTS) is 1. The summed E-state index contributed by atoms with van der Waals surface area (Å²) in [5.41, 5.74) is -1.29. The first-order chi connectivity index (χ1) is 7.97. The SMILES string of the molecule is CC(C)(C)OC(=O)/C(F)=C/C1[C@@H](C(=O)O)C1(C)C. The highest BCUT2D eigenvalue weighted by atomic mass is 19.1. The first-order valence-corrected chi connectivity index (χ1v) is 5.80. The summed E-state index contributed by atoms with van der Waals surface area (Å²) in [7, 11) is 0. The molecule has 0 aromatic carbocycles. The molecule has 4 nitrogen and oxygen atoms in total. The minimum absolute atomic E-state index is 0.470. The number of aliphatic carboxylic acids is 1. The molecule has 0 radical (unpaired) electrons. The van der Waals surface area contributed by atoms with Crippen molar-refractivity contribution in [1.82, 2.24) is 0 Å². The Morgan fingerprint density at radius 2 is 1.83 bits per heavy atom. The normalized spacial score (nSPS) is 26.7. The summed E-state index contributed by atoms with van der Waals surface area (Å²) in [6.07, 6.45) is 1.06. The van der Waals surface area contributed by atoms with E-state index in [0.717, 1.165) is 6.08 Å². The maximum Gasteiger partial charge on any atom is 0.367 e. The Kier molecular flexibility index (Phi) is 3.56. The molecule has 0 bridgehead atoms. The molecule has 18 heavy (non-hydrogen) atoms. The van der Waals surface area contributed by atoms with Gasteiger partial charge in [0, 0.05) is 0 Å². The van der Waals surface area contributed by atoms with Crippen LogP contribution in [0.2, 0.25) is 0 Å². The van der Waals surface area contributed by atoms with Gasteiger partial charge in [0.15, 0.2) is 0 Å². The number of ether oxygens (including phenoxy) is 1. The Labute approximate surface area is 106 Å². The molecule has 1 unspecified atom stereocenters. The number of rotatable bonds is 3. The molecule has 0 amide bonds. The average molecular weight is 258 g/mol. The van der Waals surface area contributed by atoms with Crippen LogP contribution in [0.4, 0.5) is 4.39 Å². The van der Waals surface area contributed by atoms with E-state index in [-0.39, 0.29) is 0 Å². The number of carbonyl (C=O) groups excluding carboxylic acids is 1. The highest BCUT2D eigenvalue weighted by Gasteiger charge is 2.61. The molecule has 0 heterocycles. The van der Waals surface area contributed by atoms with Crippen LogP contribution in [-0.2, 0) is 14.3 Å². The summed E-state index contributed by atoms with van der Waals surface area (Å²) in [6, 6.07) is 0. The third-order valence-electron chi connectivity index (χ3n) is 3.10. The van der Waals surface area contributed by atoms with Gasteiger partial charge < -0.3 is 9.84 Å². The van der Waals surface area contributed by atoms with Gasteiger partial charge in [0.2, 0.25) is 5.83 Å². The van der Waals surface area contributed by atoms with E-state index in [1.807, 2.05) is 0 Å². The number of hydrogen-bond donors (Lipinski definition) is 1. The van der Waals surface area contributed by atoms with Crippen LogP contribution in [0, 0.1) is 17.3 Å². The molecule has 102 valence electrons. The summed E-state index contributed by atoms with van der Waals surface area (Å²) in [6.45, 7) is 8.38. The number of carboxylic acids is 1. The van der Waals surface area contributed by atoms with Crippen molar-refractivity contribution in [3.63, 3.8) is 0 Å². The largest absolute Gasteiger partial charge is 0.481 e. The van der Waals surface area contributed by atoms with E-state index in [0.29, 0.717) is 0 Å². The minimum atomic E-state index is -1.05. The van der Waals surface area contributed by atoms with Crippen LogP contribution in [0.3, 0.4) is 0 Å². The molecule has 0 aromatic rings. The quantitative estimate of drug-likeness (QED) is 0.624. The maximum absolute atomic E-state index is 13.6. The van der Waals surface area contributed by atoms with Crippen LogP contribution in [0.5, 0.6) is 0 Å². The molecule has 1 aliphatic carbocycles. The Bertz CT molecular complexity index is 404. The standard InChI is InChI=1S/C13H19FO4/c1-12(2,3)18-11(17)8(14)6-7-9(10(15)16)13(7,4)5/h6-7,9H,1-5H3,(H,15,16)/b8-6-/t7?,9-/m0/s1. The van der Waals surface area contributed by atoms with Gasteiger partial charge in [-0.15, -0.1) is 0 Å². The van der Waals surface area contributed by atoms with Crippen molar-refractivity contribution in [2.45, 2.75) is 40.2 Å². The molecule has 1 N–H and O–H groups in total. The molecule has 1 rings (SSSR count). The fourth-order valence-corrected chi connectivity index (χ4v) is 2.01. The van der Waals surface area contributed by atoms with Crippen molar-refractivity contribution in [1.29, 1.82) is 0 Å². The zero-order valence-corrected chi connectivity index (χ0v) is 11.3. The molecular weight excluding hydrogens is 239 g/mol. The third kappa shape index (κ3) is 3.09. The van der Waals surface area contributed by atoms with Crippen LogP contribution in [0.15, 0.2) is 11.9 Å². The molecule has 2 atom stereocenters. The zero-order valence-electron chi connectivity index (χ0n) is 11.3. The van der Waals surface area contributed by atoms with Crippen molar-refractivity contribution in [2.24, 2.45) is 17.3 Å². The highest BCUT2D eigenvalue weighted by Crippen LogP contribution is 2.59. The van der Waals surface area contributed by atoms with Gasteiger partial charge in [-0.1, -0.05) is 13.8 Å². The second kappa shape index (κ2) is 4.37. The smallest absolute Gasteiger partial charge is 0.367 e. The molecule has 0 spiro atoms. The highest BCUT2D eigenvalue weighted by molar-refractivity contribution is 5.87. The van der Waals surface area contributed by atoms with Gasteiger partial charge in [0.25, 0.3) is 0 Å². The van der Waals surface area contributed by atoms with Crippen LogP contribution in [0.25, 0.3) is 0 Å². The summed E-state index contributed by atoms with van der Waals surface area (Å²) in [5, 5.41) is 8.93. The lowest BCUT2D eigenvalue weighted by atomic mass is 10.1. The first kappa shape index (κ1) is 14.7. The van der Waals surface area contributed by atoms with E-state index in [1.165, 1.54) is 0 Å². The summed E-state index contributed by atoms with van der Waals surface area (Å²) < 4.78 is 18.5. The number of halogens is 1. The van der Waals surface area contributed by atoms with Gasteiger partial charge >= 0.3 is 11.9 Å². The monoisotopic (exact) mass is 258 g/mol. The van der Waals surface area contributed by atoms with Gasteiger partial charge in [0.1, 0.15) is 5.60 Å². The predicted octanol–water partition coefficient (Wildman–Crippen LogP) is 2.54. The van der Waals surface area contributed by atoms with Crippen LogP contribution >= 0.6 is 0 Å². The van der Waals surface area contributed by atoms with Gasteiger partial charge in [-0.05, 0) is 38.2 Å². The van der Waals surface area contributed by atoms with Crippen molar-refractivity contribution in [3.05, 3.63) is 11.9 Å². The van der Waals surface area contributed by atoms with E-state index in [1.54, 1.807) is 34.6 Å². The molecule has 0 aromatic heterocycles. The van der Waals surface area contributed by atoms with E-state index < -0.39 is 40.6 Å². The van der Waals surface area contributed by atoms with Crippen LogP contribution in [-0.4, -0.2) is 22.6 Å². The van der Waals surface area contributed by atoms with Crippen LogP contribution in [0.1, 0.15) is 34.6 Å². The number of allylic oxidation sites excluding steroid dienone is 1. The molecule has 0 saturated heterocycles. The maximum atomic E-state index is 13.6. The lowest BCUT2D eigenvalue weighted by Gasteiger charge is -2.18. The lowest BCUT2D eigenvalue weighted by molar-refractivity contribution is -0.151. The minimum Gasteiger partial charge on any atom is -0.481 e. The summed E-state index contributed by atoms with van der Waals surface area (Å²) in [4.78, 5) is 22.3. The fourth-order valence-electron chi connectivity index (χ4n) is 2.01. The first-order valence-electron chi connectivity index (χ1n) is 5.80. The van der Waals surface area contributed by atoms with Gasteiger partial charge in [-0.2, -0.15) is 4.39 Å². The molecule has 1 fully saturated rings. The van der Waals surface area contributed by atoms with Crippen molar-refractivity contribution >= 4 is 11.9 Å². The number of esters is 1. The van der Waals surface area contributed by atoms with Crippen LogP contribution < -0.4 is 0 Å². The average Bonchev–Trinajstić information content (AvgIpc) is 2.64. The van der Waals surface area contributed by atoms with Gasteiger partial charge in [-0.25, -0.2) is 4.79 Å². The Morgan fingerprint density at radius 1 is 1.33 bits per heavy atom. The molecule has 1 saturated carbocycles. The van der Waals surface area contributed by atoms with Crippen molar-refractivity contribution < 1.29 is 23.8 Å². The van der Waals surface area contributed by atoms with E-state index >= 15 is 0 Å². The van der Waals surface area contributed by atoms with E-state index in [9.17, 15) is 14.0 Å². The fraction of sp³-hybridized carbons (Fsp3) is 0.692.